The van der Waals surface area contributed by atoms with Crippen LogP contribution in [0.2, 0.25) is 5.02 Å². The molecule has 3 heterocycles. The maximum atomic E-state index is 11.2. The molecule has 1 aromatic heterocycles. The molecule has 2 saturated heterocycles. The van der Waals surface area contributed by atoms with Crippen molar-refractivity contribution < 1.29 is 5.11 Å². The number of hydrogen-bond acceptors (Lipinski definition) is 3. The van der Waals surface area contributed by atoms with Gasteiger partial charge in [-0.15, -0.1) is 0 Å². The number of aliphatic hydroxyl groups is 1. The van der Waals surface area contributed by atoms with Gasteiger partial charge in [-0.2, -0.15) is 5.10 Å². The van der Waals surface area contributed by atoms with E-state index in [2.05, 4.69) is 23.8 Å². The van der Waals surface area contributed by atoms with Crippen molar-refractivity contribution in [3.8, 4) is 0 Å². The summed E-state index contributed by atoms with van der Waals surface area (Å²) < 4.78 is 1.98. The van der Waals surface area contributed by atoms with Crippen molar-refractivity contribution in [3.05, 3.63) is 16.4 Å². The lowest BCUT2D eigenvalue weighted by Gasteiger charge is -2.37. The SMILES string of the molecule is CCc1nn(CC)c(CC2(O)CCN3CCCCC32)c1Cl. The number of hydrogen-bond donors (Lipinski definition) is 1. The molecule has 0 aliphatic carbocycles. The molecule has 5 heteroatoms. The topological polar surface area (TPSA) is 41.3 Å². The molecule has 0 radical (unpaired) electrons. The Morgan fingerprint density at radius 3 is 2.86 bits per heavy atom. The van der Waals surface area contributed by atoms with E-state index in [4.69, 9.17) is 11.6 Å². The van der Waals surface area contributed by atoms with Gasteiger partial charge in [0, 0.05) is 25.6 Å². The fourth-order valence-electron chi connectivity index (χ4n) is 4.05. The molecule has 21 heavy (non-hydrogen) atoms. The molecule has 2 fully saturated rings. The Morgan fingerprint density at radius 2 is 2.14 bits per heavy atom. The molecule has 4 nitrogen and oxygen atoms in total. The molecule has 2 aliphatic rings. The van der Waals surface area contributed by atoms with Crippen LogP contribution in [0.4, 0.5) is 0 Å². The molecule has 2 unspecified atom stereocenters. The smallest absolute Gasteiger partial charge is 0.0869 e. The summed E-state index contributed by atoms with van der Waals surface area (Å²) >= 11 is 6.52. The van der Waals surface area contributed by atoms with Gasteiger partial charge in [-0.3, -0.25) is 9.58 Å². The van der Waals surface area contributed by atoms with Crippen molar-refractivity contribution in [2.75, 3.05) is 13.1 Å². The number of nitrogens with zero attached hydrogens (tertiary/aromatic N) is 3. The van der Waals surface area contributed by atoms with Crippen molar-refractivity contribution in [3.63, 3.8) is 0 Å². The second-order valence-corrected chi connectivity index (χ2v) is 6.83. The van der Waals surface area contributed by atoms with Crippen molar-refractivity contribution in [1.82, 2.24) is 14.7 Å². The first-order valence-corrected chi connectivity index (χ1v) is 8.67. The summed E-state index contributed by atoms with van der Waals surface area (Å²) in [6.07, 6.45) is 5.92. The molecule has 0 saturated carbocycles. The van der Waals surface area contributed by atoms with Gasteiger partial charge in [-0.1, -0.05) is 24.9 Å². The molecule has 0 bridgehead atoms. The lowest BCUT2D eigenvalue weighted by atomic mass is 9.85. The molecule has 2 atom stereocenters. The maximum absolute atomic E-state index is 11.2. The Balaban J connectivity index is 1.87. The van der Waals surface area contributed by atoms with Crippen LogP contribution < -0.4 is 0 Å². The molecule has 118 valence electrons. The predicted molar refractivity (Wildman–Crippen MR) is 84.8 cm³/mol. The second-order valence-electron chi connectivity index (χ2n) is 6.45. The number of fused-ring (bicyclic) bond motifs is 1. The Hall–Kier alpha value is -0.580. The van der Waals surface area contributed by atoms with Crippen LogP contribution in [0.15, 0.2) is 0 Å². The first-order valence-electron chi connectivity index (χ1n) is 8.29. The molecule has 0 aromatic carbocycles. The summed E-state index contributed by atoms with van der Waals surface area (Å²) in [6.45, 7) is 7.11. The van der Waals surface area contributed by atoms with Gasteiger partial charge in [0.1, 0.15) is 0 Å². The van der Waals surface area contributed by atoms with Crippen LogP contribution in [0.3, 0.4) is 0 Å². The van der Waals surface area contributed by atoms with Crippen LogP contribution in [0.5, 0.6) is 0 Å². The Bertz CT molecular complexity index is 516. The van der Waals surface area contributed by atoms with Crippen LogP contribution >= 0.6 is 11.6 Å². The molecule has 3 rings (SSSR count). The Morgan fingerprint density at radius 1 is 1.33 bits per heavy atom. The lowest BCUT2D eigenvalue weighted by molar-refractivity contribution is -0.0103. The van der Waals surface area contributed by atoms with Gasteiger partial charge in [0.05, 0.1) is 22.0 Å². The highest BCUT2D eigenvalue weighted by atomic mass is 35.5. The van der Waals surface area contributed by atoms with E-state index in [9.17, 15) is 5.11 Å². The molecule has 0 amide bonds. The van der Waals surface area contributed by atoms with E-state index in [0.717, 1.165) is 55.3 Å². The summed E-state index contributed by atoms with van der Waals surface area (Å²) in [5.74, 6) is 0. The van der Waals surface area contributed by atoms with Gasteiger partial charge < -0.3 is 5.11 Å². The van der Waals surface area contributed by atoms with Gasteiger partial charge in [-0.05, 0) is 39.2 Å². The summed E-state index contributed by atoms with van der Waals surface area (Å²) in [7, 11) is 0. The minimum Gasteiger partial charge on any atom is -0.388 e. The van der Waals surface area contributed by atoms with E-state index in [-0.39, 0.29) is 0 Å². The van der Waals surface area contributed by atoms with E-state index in [1.165, 1.54) is 12.8 Å². The van der Waals surface area contributed by atoms with Gasteiger partial charge in [-0.25, -0.2) is 0 Å². The molecular formula is C16H26ClN3O. The fourth-order valence-corrected chi connectivity index (χ4v) is 4.39. The Labute approximate surface area is 132 Å². The van der Waals surface area contributed by atoms with E-state index in [1.807, 2.05) is 4.68 Å². The molecular weight excluding hydrogens is 286 g/mol. The van der Waals surface area contributed by atoms with Gasteiger partial charge in [0.2, 0.25) is 0 Å². The van der Waals surface area contributed by atoms with Crippen molar-refractivity contribution in [1.29, 1.82) is 0 Å². The zero-order valence-electron chi connectivity index (χ0n) is 13.1. The van der Waals surface area contributed by atoms with Crippen molar-refractivity contribution in [2.45, 2.75) is 70.6 Å². The number of aryl methyl sites for hydroxylation is 2. The molecule has 2 aliphatic heterocycles. The number of halogens is 1. The van der Waals surface area contributed by atoms with Crippen molar-refractivity contribution in [2.24, 2.45) is 0 Å². The van der Waals surface area contributed by atoms with Crippen LogP contribution in [-0.4, -0.2) is 44.5 Å². The highest BCUT2D eigenvalue weighted by molar-refractivity contribution is 6.31. The monoisotopic (exact) mass is 311 g/mol. The fraction of sp³-hybridized carbons (Fsp3) is 0.812. The lowest BCUT2D eigenvalue weighted by Crippen LogP contribution is -2.48. The number of piperidine rings is 1. The van der Waals surface area contributed by atoms with Crippen LogP contribution in [0.25, 0.3) is 0 Å². The van der Waals surface area contributed by atoms with E-state index in [0.29, 0.717) is 12.5 Å². The summed E-state index contributed by atoms with van der Waals surface area (Å²) in [5, 5.41) is 16.6. The highest BCUT2D eigenvalue weighted by Crippen LogP contribution is 2.38. The van der Waals surface area contributed by atoms with Gasteiger partial charge in [0.25, 0.3) is 0 Å². The summed E-state index contributed by atoms with van der Waals surface area (Å²) in [4.78, 5) is 2.46. The van der Waals surface area contributed by atoms with E-state index < -0.39 is 5.60 Å². The predicted octanol–water partition coefficient (Wildman–Crippen LogP) is 2.65. The largest absolute Gasteiger partial charge is 0.388 e. The summed E-state index contributed by atoms with van der Waals surface area (Å²) in [5.41, 5.74) is 1.34. The van der Waals surface area contributed by atoms with Gasteiger partial charge >= 0.3 is 0 Å². The molecule has 1 N–H and O–H groups in total. The molecule has 1 aromatic rings. The average molecular weight is 312 g/mol. The minimum absolute atomic E-state index is 0.299. The zero-order chi connectivity index (χ0) is 15.0. The minimum atomic E-state index is -0.637. The standard InChI is InChI=1S/C16H26ClN3O/c1-3-12-15(17)13(20(4-2)18-12)11-16(21)8-10-19-9-6-5-7-14(16)19/h14,21H,3-11H2,1-2H3. The zero-order valence-corrected chi connectivity index (χ0v) is 13.9. The maximum Gasteiger partial charge on any atom is 0.0869 e. The second kappa shape index (κ2) is 5.90. The first-order chi connectivity index (χ1) is 10.1. The third-order valence-electron chi connectivity index (χ3n) is 5.23. The third-order valence-corrected chi connectivity index (χ3v) is 5.67. The van der Waals surface area contributed by atoms with Crippen LogP contribution in [-0.2, 0) is 19.4 Å². The normalized spacial score (nSPS) is 29.8. The van der Waals surface area contributed by atoms with Crippen molar-refractivity contribution >= 4 is 11.6 Å². The number of aromatic nitrogens is 2. The third kappa shape index (κ3) is 2.62. The van der Waals surface area contributed by atoms with Gasteiger partial charge in [0.15, 0.2) is 0 Å². The van der Waals surface area contributed by atoms with Crippen LogP contribution in [0.1, 0.15) is 50.9 Å². The summed E-state index contributed by atoms with van der Waals surface area (Å²) in [6, 6.07) is 0.299. The molecule has 0 spiro atoms. The average Bonchev–Trinajstić information content (AvgIpc) is 2.99. The quantitative estimate of drug-likeness (QED) is 0.929. The van der Waals surface area contributed by atoms with E-state index in [1.54, 1.807) is 0 Å². The number of rotatable bonds is 4. The first kappa shape index (κ1) is 15.3. The highest BCUT2D eigenvalue weighted by Gasteiger charge is 2.47. The van der Waals surface area contributed by atoms with E-state index >= 15 is 0 Å². The Kier molecular flexibility index (Phi) is 4.30. The van der Waals surface area contributed by atoms with Crippen LogP contribution in [0, 0.1) is 0 Å².